The van der Waals surface area contributed by atoms with Crippen molar-refractivity contribution in [2.75, 3.05) is 26.2 Å². The number of benzene rings is 1. The van der Waals surface area contributed by atoms with Gasteiger partial charge in [-0.3, -0.25) is 4.79 Å². The topological polar surface area (TPSA) is 52.6 Å². The van der Waals surface area contributed by atoms with E-state index in [1.807, 2.05) is 31.2 Å². The first-order valence-corrected chi connectivity index (χ1v) is 7.41. The van der Waals surface area contributed by atoms with Gasteiger partial charge in [-0.1, -0.05) is 18.2 Å². The molecule has 0 atom stereocenters. The second-order valence-corrected chi connectivity index (χ2v) is 5.50. The lowest BCUT2D eigenvalue weighted by molar-refractivity contribution is 0.0816. The number of nitrogens with zero attached hydrogens (tertiary/aromatic N) is 1. The number of amides is 1. The molecule has 0 radical (unpaired) electrons. The molecule has 0 saturated carbocycles. The van der Waals surface area contributed by atoms with E-state index in [0.717, 1.165) is 50.0 Å². The van der Waals surface area contributed by atoms with Crippen LogP contribution in [0.5, 0.6) is 0 Å². The van der Waals surface area contributed by atoms with Gasteiger partial charge in [0.1, 0.15) is 0 Å². The van der Waals surface area contributed by atoms with Gasteiger partial charge >= 0.3 is 0 Å². The Hall–Kier alpha value is -1.39. The zero-order valence-corrected chi connectivity index (χ0v) is 12.1. The maximum Gasteiger partial charge on any atom is 0.251 e. The monoisotopic (exact) mass is 276 g/mol. The number of nitrogens with one attached hydrogen (secondary N) is 1. The van der Waals surface area contributed by atoms with Crippen molar-refractivity contribution in [1.82, 2.24) is 10.2 Å². The first kappa shape index (κ1) is 15.0. The van der Waals surface area contributed by atoms with Crippen LogP contribution >= 0.6 is 0 Å². The molecule has 0 aromatic heterocycles. The Balaban J connectivity index is 1.66. The third-order valence-corrected chi connectivity index (χ3v) is 3.88. The number of hydrogen-bond donors (Lipinski definition) is 2. The van der Waals surface area contributed by atoms with Gasteiger partial charge < -0.3 is 15.3 Å². The Labute approximate surface area is 120 Å². The Morgan fingerprint density at radius 2 is 2.05 bits per heavy atom. The highest BCUT2D eigenvalue weighted by Crippen LogP contribution is 2.10. The summed E-state index contributed by atoms with van der Waals surface area (Å²) in [5, 5.41) is 12.4. The zero-order chi connectivity index (χ0) is 14.4. The van der Waals surface area contributed by atoms with Crippen LogP contribution in [-0.4, -0.2) is 48.2 Å². The smallest absolute Gasteiger partial charge is 0.251 e. The van der Waals surface area contributed by atoms with Crippen molar-refractivity contribution in [2.45, 2.75) is 32.3 Å². The third kappa shape index (κ3) is 4.32. The van der Waals surface area contributed by atoms with Gasteiger partial charge in [-0.05, 0) is 44.4 Å². The summed E-state index contributed by atoms with van der Waals surface area (Å²) in [6.07, 6.45) is 2.57. The molecule has 1 aliphatic heterocycles. The van der Waals surface area contributed by atoms with Crippen molar-refractivity contribution in [3.8, 4) is 0 Å². The van der Waals surface area contributed by atoms with E-state index in [2.05, 4.69) is 10.2 Å². The van der Waals surface area contributed by atoms with Crippen LogP contribution in [0.25, 0.3) is 0 Å². The summed E-state index contributed by atoms with van der Waals surface area (Å²) in [6.45, 7) is 5.57. The second kappa shape index (κ2) is 7.41. The number of hydrogen-bond acceptors (Lipinski definition) is 3. The highest BCUT2D eigenvalue weighted by atomic mass is 16.3. The maximum atomic E-state index is 12.0. The van der Waals surface area contributed by atoms with Gasteiger partial charge in [-0.15, -0.1) is 0 Å². The van der Waals surface area contributed by atoms with Crippen LogP contribution < -0.4 is 5.32 Å². The summed E-state index contributed by atoms with van der Waals surface area (Å²) in [6, 6.07) is 7.64. The summed E-state index contributed by atoms with van der Waals surface area (Å²) in [5.74, 6) is 0.0113. The van der Waals surface area contributed by atoms with Gasteiger partial charge in [0.05, 0.1) is 6.10 Å². The molecule has 1 aromatic rings. The number of rotatable bonds is 5. The SMILES string of the molecule is Cc1ccccc1C(=O)NCCCN1CCC(O)CC1. The Morgan fingerprint density at radius 3 is 2.75 bits per heavy atom. The van der Waals surface area contributed by atoms with Gasteiger partial charge in [0.2, 0.25) is 0 Å². The Bertz CT molecular complexity index is 440. The average Bonchev–Trinajstić information content (AvgIpc) is 2.46. The van der Waals surface area contributed by atoms with E-state index in [0.29, 0.717) is 6.54 Å². The van der Waals surface area contributed by atoms with Crippen LogP contribution in [0.3, 0.4) is 0 Å². The fourth-order valence-electron chi connectivity index (χ4n) is 2.57. The minimum Gasteiger partial charge on any atom is -0.393 e. The molecular formula is C16H24N2O2. The number of aliphatic hydroxyl groups excluding tert-OH is 1. The normalized spacial score (nSPS) is 17.1. The van der Waals surface area contributed by atoms with E-state index in [1.165, 1.54) is 0 Å². The van der Waals surface area contributed by atoms with Crippen LogP contribution in [0, 0.1) is 6.92 Å². The average molecular weight is 276 g/mol. The van der Waals surface area contributed by atoms with E-state index in [-0.39, 0.29) is 12.0 Å². The molecule has 2 rings (SSSR count). The van der Waals surface area contributed by atoms with E-state index in [9.17, 15) is 9.90 Å². The molecule has 0 spiro atoms. The molecule has 110 valence electrons. The van der Waals surface area contributed by atoms with Crippen LogP contribution in [0.1, 0.15) is 35.2 Å². The second-order valence-electron chi connectivity index (χ2n) is 5.50. The van der Waals surface area contributed by atoms with Crippen LogP contribution in [0.15, 0.2) is 24.3 Å². The van der Waals surface area contributed by atoms with Crippen molar-refractivity contribution < 1.29 is 9.90 Å². The molecule has 0 aliphatic carbocycles. The molecule has 1 fully saturated rings. The minimum absolute atomic E-state index is 0.0113. The first-order chi connectivity index (χ1) is 9.66. The molecule has 0 bridgehead atoms. The molecule has 0 unspecified atom stereocenters. The number of aryl methyl sites for hydroxylation is 1. The van der Waals surface area contributed by atoms with Crippen LogP contribution in [0.4, 0.5) is 0 Å². The van der Waals surface area contributed by atoms with Crippen LogP contribution in [0.2, 0.25) is 0 Å². The molecular weight excluding hydrogens is 252 g/mol. The zero-order valence-electron chi connectivity index (χ0n) is 12.1. The van der Waals surface area contributed by atoms with Gasteiger partial charge in [0.25, 0.3) is 5.91 Å². The predicted octanol–water partition coefficient (Wildman–Crippen LogP) is 1.57. The molecule has 4 nitrogen and oxygen atoms in total. The Morgan fingerprint density at radius 1 is 1.35 bits per heavy atom. The largest absolute Gasteiger partial charge is 0.393 e. The lowest BCUT2D eigenvalue weighted by atomic mass is 10.1. The van der Waals surface area contributed by atoms with E-state index < -0.39 is 0 Å². The van der Waals surface area contributed by atoms with Gasteiger partial charge in [-0.25, -0.2) is 0 Å². The molecule has 4 heteroatoms. The standard InChI is InChI=1S/C16H24N2O2/c1-13-5-2-3-6-15(13)16(20)17-9-4-10-18-11-7-14(19)8-12-18/h2-3,5-6,14,19H,4,7-12H2,1H3,(H,17,20). The minimum atomic E-state index is -0.119. The highest BCUT2D eigenvalue weighted by Gasteiger charge is 2.16. The van der Waals surface area contributed by atoms with Crippen molar-refractivity contribution >= 4 is 5.91 Å². The summed E-state index contributed by atoms with van der Waals surface area (Å²) in [4.78, 5) is 14.4. The van der Waals surface area contributed by atoms with E-state index in [4.69, 9.17) is 0 Å². The van der Waals surface area contributed by atoms with Crippen molar-refractivity contribution in [1.29, 1.82) is 0 Å². The quantitative estimate of drug-likeness (QED) is 0.803. The molecule has 2 N–H and O–H groups in total. The lowest BCUT2D eigenvalue weighted by Crippen LogP contribution is -2.37. The Kier molecular flexibility index (Phi) is 5.56. The van der Waals surface area contributed by atoms with Crippen molar-refractivity contribution in [3.63, 3.8) is 0 Å². The van der Waals surface area contributed by atoms with Crippen molar-refractivity contribution in [2.24, 2.45) is 0 Å². The van der Waals surface area contributed by atoms with Gasteiger partial charge in [-0.2, -0.15) is 0 Å². The summed E-state index contributed by atoms with van der Waals surface area (Å²) < 4.78 is 0. The molecule has 1 heterocycles. The number of piperidine rings is 1. The molecule has 1 saturated heterocycles. The highest BCUT2D eigenvalue weighted by molar-refractivity contribution is 5.95. The lowest BCUT2D eigenvalue weighted by Gasteiger charge is -2.29. The van der Waals surface area contributed by atoms with Crippen molar-refractivity contribution in [3.05, 3.63) is 35.4 Å². The van der Waals surface area contributed by atoms with E-state index >= 15 is 0 Å². The number of aliphatic hydroxyl groups is 1. The number of carbonyl (C=O) groups is 1. The van der Waals surface area contributed by atoms with Gasteiger partial charge in [0, 0.05) is 25.2 Å². The summed E-state index contributed by atoms with van der Waals surface area (Å²) in [5.41, 5.74) is 1.77. The van der Waals surface area contributed by atoms with Gasteiger partial charge in [0.15, 0.2) is 0 Å². The molecule has 1 aromatic carbocycles. The van der Waals surface area contributed by atoms with Crippen LogP contribution in [-0.2, 0) is 0 Å². The van der Waals surface area contributed by atoms with E-state index in [1.54, 1.807) is 0 Å². The molecule has 1 aliphatic rings. The number of likely N-dealkylation sites (tertiary alicyclic amines) is 1. The third-order valence-electron chi connectivity index (χ3n) is 3.88. The number of carbonyl (C=O) groups excluding carboxylic acids is 1. The summed E-state index contributed by atoms with van der Waals surface area (Å²) >= 11 is 0. The first-order valence-electron chi connectivity index (χ1n) is 7.41. The fraction of sp³-hybridized carbons (Fsp3) is 0.562. The summed E-state index contributed by atoms with van der Waals surface area (Å²) in [7, 11) is 0. The molecule has 20 heavy (non-hydrogen) atoms. The predicted molar refractivity (Wildman–Crippen MR) is 79.8 cm³/mol. The maximum absolute atomic E-state index is 12.0. The molecule has 1 amide bonds. The fourth-order valence-corrected chi connectivity index (χ4v) is 2.57.